The number of carbonyl (C=O) groups is 1. The summed E-state index contributed by atoms with van der Waals surface area (Å²) in [5, 5.41) is 4.56. The molecule has 0 bridgehead atoms. The molecule has 2 aliphatic heterocycles. The van der Waals surface area contributed by atoms with Crippen LogP contribution >= 0.6 is 0 Å². The zero-order valence-electron chi connectivity index (χ0n) is 14.4. The van der Waals surface area contributed by atoms with Gasteiger partial charge in [-0.05, 0) is 25.1 Å². The van der Waals surface area contributed by atoms with E-state index in [1.54, 1.807) is 22.9 Å². The van der Waals surface area contributed by atoms with Crippen LogP contribution in [0, 0.1) is 0 Å². The van der Waals surface area contributed by atoms with E-state index in [0.717, 1.165) is 11.3 Å². The highest BCUT2D eigenvalue weighted by Crippen LogP contribution is 2.34. The Kier molecular flexibility index (Phi) is 4.09. The zero-order valence-corrected chi connectivity index (χ0v) is 14.4. The van der Waals surface area contributed by atoms with Crippen LogP contribution in [0.4, 0.5) is 0 Å². The van der Waals surface area contributed by atoms with Crippen LogP contribution < -0.4 is 9.47 Å². The third-order valence-electron chi connectivity index (χ3n) is 4.56. The summed E-state index contributed by atoms with van der Waals surface area (Å²) in [6, 6.07) is 5.32. The van der Waals surface area contributed by atoms with Crippen LogP contribution in [0.5, 0.6) is 11.5 Å². The van der Waals surface area contributed by atoms with Crippen LogP contribution in [0.15, 0.2) is 24.4 Å². The van der Waals surface area contributed by atoms with Gasteiger partial charge in [0.1, 0.15) is 0 Å². The van der Waals surface area contributed by atoms with Gasteiger partial charge in [-0.2, -0.15) is 5.10 Å². The summed E-state index contributed by atoms with van der Waals surface area (Å²) in [4.78, 5) is 14.8. The highest BCUT2D eigenvalue weighted by molar-refractivity contribution is 5.95. The lowest BCUT2D eigenvalue weighted by Gasteiger charge is -2.32. The molecule has 132 valence electrons. The van der Waals surface area contributed by atoms with E-state index in [2.05, 4.69) is 5.10 Å². The summed E-state index contributed by atoms with van der Waals surface area (Å²) < 4.78 is 18.1. The third-order valence-corrected chi connectivity index (χ3v) is 4.56. The minimum atomic E-state index is -0.0192. The van der Waals surface area contributed by atoms with Crippen molar-refractivity contribution in [3.05, 3.63) is 41.2 Å². The van der Waals surface area contributed by atoms with Crippen molar-refractivity contribution >= 4 is 5.91 Å². The first-order valence-electron chi connectivity index (χ1n) is 8.44. The Labute approximate surface area is 146 Å². The molecule has 7 nitrogen and oxygen atoms in total. The second-order valence-corrected chi connectivity index (χ2v) is 6.32. The molecule has 0 fully saturated rings. The quantitative estimate of drug-likeness (QED) is 0.849. The van der Waals surface area contributed by atoms with E-state index in [-0.39, 0.29) is 18.6 Å². The maximum absolute atomic E-state index is 13.0. The van der Waals surface area contributed by atoms with Crippen molar-refractivity contribution in [2.75, 3.05) is 26.6 Å². The molecule has 3 heterocycles. The largest absolute Gasteiger partial charge is 0.454 e. The average Bonchev–Trinajstić information content (AvgIpc) is 3.23. The van der Waals surface area contributed by atoms with Crippen molar-refractivity contribution in [3.8, 4) is 11.5 Å². The van der Waals surface area contributed by atoms with Crippen LogP contribution in [0.2, 0.25) is 0 Å². The molecule has 0 unspecified atom stereocenters. The number of rotatable bonds is 4. The fraction of sp³-hybridized carbons (Fsp3) is 0.444. The van der Waals surface area contributed by atoms with Crippen LogP contribution in [0.25, 0.3) is 0 Å². The van der Waals surface area contributed by atoms with Crippen LogP contribution in [0.3, 0.4) is 0 Å². The fourth-order valence-corrected chi connectivity index (χ4v) is 3.40. The first-order valence-corrected chi connectivity index (χ1v) is 8.44. The Balaban J connectivity index is 1.59. The Bertz CT molecular complexity index is 802. The van der Waals surface area contributed by atoms with E-state index < -0.39 is 0 Å². The molecule has 2 aromatic rings. The summed E-state index contributed by atoms with van der Waals surface area (Å²) in [5.74, 6) is 1.37. The van der Waals surface area contributed by atoms with Gasteiger partial charge >= 0.3 is 0 Å². The Hall–Kier alpha value is -2.54. The number of aromatic nitrogens is 2. The van der Waals surface area contributed by atoms with Gasteiger partial charge in [-0.1, -0.05) is 0 Å². The van der Waals surface area contributed by atoms with Crippen molar-refractivity contribution in [1.29, 1.82) is 0 Å². The molecule has 25 heavy (non-hydrogen) atoms. The normalized spacial score (nSPS) is 18.3. The van der Waals surface area contributed by atoms with Crippen LogP contribution in [-0.2, 0) is 18.3 Å². The topological polar surface area (TPSA) is 65.8 Å². The fourth-order valence-electron chi connectivity index (χ4n) is 3.40. The van der Waals surface area contributed by atoms with E-state index in [1.165, 1.54) is 0 Å². The molecule has 0 saturated heterocycles. The van der Waals surface area contributed by atoms with Crippen LogP contribution in [0.1, 0.15) is 34.5 Å². The Morgan fingerprint density at radius 1 is 1.36 bits per heavy atom. The number of benzene rings is 1. The van der Waals surface area contributed by atoms with Gasteiger partial charge < -0.3 is 19.1 Å². The molecule has 4 rings (SSSR count). The molecule has 2 aliphatic rings. The number of aryl methyl sites for hydroxylation is 1. The molecular formula is C18H21N3O4. The standard InChI is InChI=1S/C18H21N3O4/c1-3-23-10-14-9-21(8-13-7-20(2)19-17(13)14)18(22)12-4-5-15-16(6-12)25-11-24-15/h4-7,14H,3,8-11H2,1-2H3/t14-/m0/s1. The number of ether oxygens (including phenoxy) is 3. The molecule has 0 radical (unpaired) electrons. The van der Waals surface area contributed by atoms with E-state index in [0.29, 0.717) is 43.4 Å². The maximum Gasteiger partial charge on any atom is 0.254 e. The SMILES string of the molecule is CCOC[C@@H]1CN(C(=O)c2ccc3c(c2)OCO3)Cc2cn(C)nc21. The van der Waals surface area contributed by atoms with Crippen molar-refractivity contribution in [1.82, 2.24) is 14.7 Å². The molecule has 0 saturated carbocycles. The lowest BCUT2D eigenvalue weighted by atomic mass is 9.96. The first-order chi connectivity index (χ1) is 12.2. The number of hydrogen-bond donors (Lipinski definition) is 0. The molecule has 1 aromatic heterocycles. The lowest BCUT2D eigenvalue weighted by Crippen LogP contribution is -2.39. The second kappa shape index (κ2) is 6.40. The van der Waals surface area contributed by atoms with E-state index >= 15 is 0 Å². The summed E-state index contributed by atoms with van der Waals surface area (Å²) >= 11 is 0. The van der Waals surface area contributed by atoms with Crippen molar-refractivity contribution < 1.29 is 19.0 Å². The predicted molar refractivity (Wildman–Crippen MR) is 89.7 cm³/mol. The number of carbonyl (C=O) groups excluding carboxylic acids is 1. The van der Waals surface area contributed by atoms with Gasteiger partial charge in [0.25, 0.3) is 5.91 Å². The van der Waals surface area contributed by atoms with Gasteiger partial charge in [0.2, 0.25) is 6.79 Å². The average molecular weight is 343 g/mol. The van der Waals surface area contributed by atoms with E-state index in [4.69, 9.17) is 14.2 Å². The Morgan fingerprint density at radius 3 is 3.04 bits per heavy atom. The summed E-state index contributed by atoms with van der Waals surface area (Å²) in [7, 11) is 1.90. The highest BCUT2D eigenvalue weighted by Gasteiger charge is 2.31. The number of hydrogen-bond acceptors (Lipinski definition) is 5. The van der Waals surface area contributed by atoms with E-state index in [9.17, 15) is 4.79 Å². The van der Waals surface area contributed by atoms with Gasteiger partial charge in [-0.25, -0.2) is 0 Å². The van der Waals surface area contributed by atoms with Crippen molar-refractivity contribution in [3.63, 3.8) is 0 Å². The molecular weight excluding hydrogens is 322 g/mol. The molecule has 0 spiro atoms. The molecule has 1 amide bonds. The predicted octanol–water partition coefficient (Wildman–Crippen LogP) is 1.92. The van der Waals surface area contributed by atoms with Gasteiger partial charge in [0.15, 0.2) is 11.5 Å². The highest BCUT2D eigenvalue weighted by atomic mass is 16.7. The first kappa shape index (κ1) is 16.0. The number of fused-ring (bicyclic) bond motifs is 2. The number of amides is 1. The number of nitrogens with zero attached hydrogens (tertiary/aromatic N) is 3. The minimum absolute atomic E-state index is 0.0192. The van der Waals surface area contributed by atoms with Crippen LogP contribution in [-0.4, -0.2) is 47.1 Å². The molecule has 0 aliphatic carbocycles. The molecule has 0 N–H and O–H groups in total. The smallest absolute Gasteiger partial charge is 0.254 e. The molecule has 1 atom stereocenters. The summed E-state index contributed by atoms with van der Waals surface area (Å²) in [5.41, 5.74) is 2.71. The van der Waals surface area contributed by atoms with Crippen molar-refractivity contribution in [2.24, 2.45) is 7.05 Å². The van der Waals surface area contributed by atoms with Gasteiger partial charge in [0.05, 0.1) is 12.3 Å². The lowest BCUT2D eigenvalue weighted by molar-refractivity contribution is 0.0651. The maximum atomic E-state index is 13.0. The molecule has 1 aromatic carbocycles. The minimum Gasteiger partial charge on any atom is -0.454 e. The summed E-state index contributed by atoms with van der Waals surface area (Å²) in [6.07, 6.45) is 1.98. The van der Waals surface area contributed by atoms with Gasteiger partial charge in [-0.15, -0.1) is 0 Å². The second-order valence-electron chi connectivity index (χ2n) is 6.32. The third kappa shape index (κ3) is 2.95. The summed E-state index contributed by atoms with van der Waals surface area (Å²) in [6.45, 7) is 4.53. The van der Waals surface area contributed by atoms with Gasteiger partial charge in [-0.3, -0.25) is 9.48 Å². The zero-order chi connectivity index (χ0) is 17.4. The van der Waals surface area contributed by atoms with Crippen molar-refractivity contribution in [2.45, 2.75) is 19.4 Å². The van der Waals surface area contributed by atoms with E-state index in [1.807, 2.05) is 25.1 Å². The Morgan fingerprint density at radius 2 is 2.20 bits per heavy atom. The molecule has 7 heteroatoms. The monoisotopic (exact) mass is 343 g/mol. The van der Waals surface area contributed by atoms with Gasteiger partial charge in [0, 0.05) is 50.0 Å².